The first-order valence-corrected chi connectivity index (χ1v) is 8.40. The Hall–Kier alpha value is -3.15. The van der Waals surface area contributed by atoms with Crippen LogP contribution in [-0.4, -0.2) is 16.1 Å². The van der Waals surface area contributed by atoms with Crippen molar-refractivity contribution in [2.24, 2.45) is 0 Å². The van der Waals surface area contributed by atoms with Crippen molar-refractivity contribution in [1.82, 2.24) is 9.97 Å². The van der Waals surface area contributed by atoms with Crippen LogP contribution in [0.1, 0.15) is 19.5 Å². The number of hydrogen-bond donors (Lipinski definition) is 2. The third-order valence-corrected chi connectivity index (χ3v) is 3.43. The van der Waals surface area contributed by atoms with E-state index in [1.54, 1.807) is 18.2 Å². The Labute approximate surface area is 152 Å². The molecule has 6 heteroatoms. The summed E-state index contributed by atoms with van der Waals surface area (Å²) in [6.45, 7) is 5.85. The summed E-state index contributed by atoms with van der Waals surface area (Å²) < 4.78 is 19.0. The molecule has 0 aliphatic carbocycles. The largest absolute Gasteiger partial charge is 0.491 e. The highest BCUT2D eigenvalue weighted by Gasteiger charge is 2.05. The molecule has 0 radical (unpaired) electrons. The van der Waals surface area contributed by atoms with E-state index in [1.165, 1.54) is 12.1 Å². The van der Waals surface area contributed by atoms with Crippen LogP contribution in [-0.2, 0) is 0 Å². The van der Waals surface area contributed by atoms with Gasteiger partial charge < -0.3 is 15.4 Å². The van der Waals surface area contributed by atoms with Gasteiger partial charge in [-0.3, -0.25) is 0 Å². The van der Waals surface area contributed by atoms with Crippen molar-refractivity contribution in [2.75, 3.05) is 10.6 Å². The van der Waals surface area contributed by atoms with E-state index in [9.17, 15) is 4.39 Å². The molecule has 0 saturated heterocycles. The number of benzene rings is 2. The number of halogens is 1. The molecule has 0 unspecified atom stereocenters. The Morgan fingerprint density at radius 3 is 2.38 bits per heavy atom. The molecule has 1 aromatic heterocycles. The molecule has 26 heavy (non-hydrogen) atoms. The molecule has 0 aliphatic rings. The van der Waals surface area contributed by atoms with Crippen LogP contribution >= 0.6 is 0 Å². The van der Waals surface area contributed by atoms with Crippen LogP contribution in [0.3, 0.4) is 0 Å². The van der Waals surface area contributed by atoms with Gasteiger partial charge in [-0.05, 0) is 63.2 Å². The molecule has 0 fully saturated rings. The SMILES string of the molecule is Cc1cc(Nc2cccc(F)c2)nc(Nc2ccc(OC(C)C)cc2)n1. The highest BCUT2D eigenvalue weighted by molar-refractivity contribution is 5.60. The minimum atomic E-state index is -0.303. The van der Waals surface area contributed by atoms with Gasteiger partial charge in [-0.2, -0.15) is 4.98 Å². The Morgan fingerprint density at radius 1 is 0.923 bits per heavy atom. The predicted molar refractivity (Wildman–Crippen MR) is 102 cm³/mol. The summed E-state index contributed by atoms with van der Waals surface area (Å²) in [4.78, 5) is 8.83. The minimum Gasteiger partial charge on any atom is -0.491 e. The van der Waals surface area contributed by atoms with Crippen LogP contribution in [0.15, 0.2) is 54.6 Å². The van der Waals surface area contributed by atoms with Crippen molar-refractivity contribution in [3.05, 3.63) is 66.1 Å². The molecule has 5 nitrogen and oxygen atoms in total. The summed E-state index contributed by atoms with van der Waals surface area (Å²) in [6, 6.07) is 15.6. The Balaban J connectivity index is 1.75. The molecule has 2 aromatic carbocycles. The van der Waals surface area contributed by atoms with Gasteiger partial charge in [0.1, 0.15) is 17.4 Å². The van der Waals surface area contributed by atoms with E-state index in [0.717, 1.165) is 17.1 Å². The normalized spacial score (nSPS) is 10.7. The van der Waals surface area contributed by atoms with Gasteiger partial charge in [-0.15, -0.1) is 0 Å². The number of anilines is 4. The highest BCUT2D eigenvalue weighted by Crippen LogP contribution is 2.22. The van der Waals surface area contributed by atoms with E-state index in [4.69, 9.17) is 4.74 Å². The summed E-state index contributed by atoms with van der Waals surface area (Å²) in [5.74, 6) is 1.55. The number of aryl methyl sites for hydroxylation is 1. The number of nitrogens with zero attached hydrogens (tertiary/aromatic N) is 2. The molecule has 0 saturated carbocycles. The van der Waals surface area contributed by atoms with Gasteiger partial charge in [-0.25, -0.2) is 9.37 Å². The zero-order valence-electron chi connectivity index (χ0n) is 15.0. The summed E-state index contributed by atoms with van der Waals surface area (Å²) in [5.41, 5.74) is 2.27. The van der Waals surface area contributed by atoms with Crippen LogP contribution in [0.2, 0.25) is 0 Å². The lowest BCUT2D eigenvalue weighted by atomic mass is 10.3. The van der Waals surface area contributed by atoms with Crippen molar-refractivity contribution in [3.8, 4) is 5.75 Å². The average molecular weight is 352 g/mol. The van der Waals surface area contributed by atoms with Crippen LogP contribution in [0, 0.1) is 12.7 Å². The maximum absolute atomic E-state index is 13.3. The van der Waals surface area contributed by atoms with Crippen molar-refractivity contribution < 1.29 is 9.13 Å². The second-order valence-corrected chi connectivity index (χ2v) is 6.17. The molecule has 134 valence electrons. The molecular formula is C20H21FN4O. The van der Waals surface area contributed by atoms with E-state index >= 15 is 0 Å². The first-order chi connectivity index (χ1) is 12.5. The first-order valence-electron chi connectivity index (χ1n) is 8.40. The standard InChI is InChI=1S/C20H21FN4O/c1-13(2)26-18-9-7-16(8-10-18)24-20-22-14(3)11-19(25-20)23-17-6-4-5-15(21)12-17/h4-13H,1-3H3,(H2,22,23,24,25). The Kier molecular flexibility index (Phi) is 5.31. The summed E-state index contributed by atoms with van der Waals surface area (Å²) in [5, 5.41) is 6.26. The second-order valence-electron chi connectivity index (χ2n) is 6.17. The monoisotopic (exact) mass is 352 g/mol. The number of hydrogen-bond acceptors (Lipinski definition) is 5. The molecule has 0 aliphatic heterocycles. The van der Waals surface area contributed by atoms with E-state index in [-0.39, 0.29) is 11.9 Å². The maximum atomic E-state index is 13.3. The summed E-state index contributed by atoms with van der Waals surface area (Å²) >= 11 is 0. The van der Waals surface area contributed by atoms with Gasteiger partial charge >= 0.3 is 0 Å². The molecule has 0 bridgehead atoms. The first kappa shape index (κ1) is 17.7. The van der Waals surface area contributed by atoms with Crippen LogP contribution in [0.4, 0.5) is 27.5 Å². The number of nitrogens with one attached hydrogen (secondary N) is 2. The molecule has 0 spiro atoms. The highest BCUT2D eigenvalue weighted by atomic mass is 19.1. The fraction of sp³-hybridized carbons (Fsp3) is 0.200. The quantitative estimate of drug-likeness (QED) is 0.639. The van der Waals surface area contributed by atoms with Gasteiger partial charge in [0.25, 0.3) is 0 Å². The van der Waals surface area contributed by atoms with Gasteiger partial charge in [-0.1, -0.05) is 6.07 Å². The lowest BCUT2D eigenvalue weighted by Gasteiger charge is -2.12. The van der Waals surface area contributed by atoms with Gasteiger partial charge in [0, 0.05) is 23.1 Å². The minimum absolute atomic E-state index is 0.130. The smallest absolute Gasteiger partial charge is 0.229 e. The van der Waals surface area contributed by atoms with E-state index in [0.29, 0.717) is 17.5 Å². The fourth-order valence-electron chi connectivity index (χ4n) is 2.42. The summed E-state index contributed by atoms with van der Waals surface area (Å²) in [6.07, 6.45) is 0.130. The number of rotatable bonds is 6. The average Bonchev–Trinajstić information content (AvgIpc) is 2.56. The zero-order chi connectivity index (χ0) is 18.5. The van der Waals surface area contributed by atoms with E-state index in [2.05, 4.69) is 20.6 Å². The molecule has 3 aromatic rings. The van der Waals surface area contributed by atoms with Crippen molar-refractivity contribution in [2.45, 2.75) is 26.9 Å². The number of aromatic nitrogens is 2. The maximum Gasteiger partial charge on any atom is 0.229 e. The van der Waals surface area contributed by atoms with Crippen LogP contribution in [0.25, 0.3) is 0 Å². The lowest BCUT2D eigenvalue weighted by Crippen LogP contribution is -2.05. The molecule has 0 atom stereocenters. The topological polar surface area (TPSA) is 59.1 Å². The molecule has 0 amide bonds. The van der Waals surface area contributed by atoms with Crippen molar-refractivity contribution in [1.29, 1.82) is 0 Å². The van der Waals surface area contributed by atoms with E-state index < -0.39 is 0 Å². The van der Waals surface area contributed by atoms with Crippen molar-refractivity contribution in [3.63, 3.8) is 0 Å². The third-order valence-electron chi connectivity index (χ3n) is 3.43. The van der Waals surface area contributed by atoms with Crippen LogP contribution < -0.4 is 15.4 Å². The number of ether oxygens (including phenoxy) is 1. The molecule has 3 rings (SSSR count). The Bertz CT molecular complexity index is 881. The van der Waals surface area contributed by atoms with Gasteiger partial charge in [0.2, 0.25) is 5.95 Å². The fourth-order valence-corrected chi connectivity index (χ4v) is 2.42. The molecular weight excluding hydrogens is 331 g/mol. The second kappa shape index (κ2) is 7.82. The van der Waals surface area contributed by atoms with Gasteiger partial charge in [0.05, 0.1) is 6.10 Å². The Morgan fingerprint density at radius 2 is 1.69 bits per heavy atom. The van der Waals surface area contributed by atoms with Crippen LogP contribution in [0.5, 0.6) is 5.75 Å². The van der Waals surface area contributed by atoms with Crippen molar-refractivity contribution >= 4 is 23.1 Å². The van der Waals surface area contributed by atoms with Gasteiger partial charge in [0.15, 0.2) is 0 Å². The predicted octanol–water partition coefficient (Wildman–Crippen LogP) is 5.20. The summed E-state index contributed by atoms with van der Waals surface area (Å²) in [7, 11) is 0. The zero-order valence-corrected chi connectivity index (χ0v) is 15.0. The third kappa shape index (κ3) is 4.92. The molecule has 2 N–H and O–H groups in total. The lowest BCUT2D eigenvalue weighted by molar-refractivity contribution is 0.242. The van der Waals surface area contributed by atoms with E-state index in [1.807, 2.05) is 45.0 Å². The molecule has 1 heterocycles.